The van der Waals surface area contributed by atoms with Gasteiger partial charge in [-0.2, -0.15) is 0 Å². The third-order valence-electron chi connectivity index (χ3n) is 4.00. The minimum Gasteiger partial charge on any atom is -0.326 e. The molecule has 0 radical (unpaired) electrons. The Hall–Kier alpha value is -2.62. The molecule has 2 amide bonds. The predicted molar refractivity (Wildman–Crippen MR) is 103 cm³/mol. The summed E-state index contributed by atoms with van der Waals surface area (Å²) in [5, 5.41) is 5.49. The first kappa shape index (κ1) is 18.7. The predicted octanol–water partition coefficient (Wildman–Crippen LogP) is 4.51. The fourth-order valence-electron chi connectivity index (χ4n) is 2.43. The van der Waals surface area contributed by atoms with Crippen molar-refractivity contribution in [2.24, 2.45) is 0 Å². The molecule has 2 aromatic rings. The lowest BCUT2D eigenvalue weighted by Crippen LogP contribution is -2.21. The number of hydrogen-bond acceptors (Lipinski definition) is 2. The molecule has 2 aromatic carbocycles. The van der Waals surface area contributed by atoms with E-state index in [1.54, 1.807) is 0 Å². The SMILES string of the molecule is CCc1ccc(NC(=O)CC(=O)Nc2ccc(C(C)(C)C)cc2)cc1. The van der Waals surface area contributed by atoms with Crippen LogP contribution in [-0.2, 0) is 21.4 Å². The van der Waals surface area contributed by atoms with Gasteiger partial charge < -0.3 is 10.6 Å². The molecule has 25 heavy (non-hydrogen) atoms. The number of hydrogen-bond donors (Lipinski definition) is 2. The van der Waals surface area contributed by atoms with E-state index in [2.05, 4.69) is 38.3 Å². The second kappa shape index (κ2) is 7.97. The molecule has 0 saturated heterocycles. The lowest BCUT2D eigenvalue weighted by molar-refractivity contribution is -0.123. The average Bonchev–Trinajstić information content (AvgIpc) is 2.55. The molecule has 0 heterocycles. The average molecular weight is 338 g/mol. The first-order valence-electron chi connectivity index (χ1n) is 8.57. The highest BCUT2D eigenvalue weighted by molar-refractivity contribution is 6.08. The van der Waals surface area contributed by atoms with Gasteiger partial charge in [0.25, 0.3) is 0 Å². The summed E-state index contributed by atoms with van der Waals surface area (Å²) < 4.78 is 0. The van der Waals surface area contributed by atoms with Crippen molar-refractivity contribution >= 4 is 23.2 Å². The van der Waals surface area contributed by atoms with Crippen LogP contribution in [0.2, 0.25) is 0 Å². The van der Waals surface area contributed by atoms with E-state index in [-0.39, 0.29) is 23.7 Å². The third kappa shape index (κ3) is 5.75. The number of benzene rings is 2. The van der Waals surface area contributed by atoms with Crippen LogP contribution in [-0.4, -0.2) is 11.8 Å². The van der Waals surface area contributed by atoms with E-state index in [0.717, 1.165) is 6.42 Å². The van der Waals surface area contributed by atoms with Crippen molar-refractivity contribution in [2.75, 3.05) is 10.6 Å². The van der Waals surface area contributed by atoms with E-state index in [4.69, 9.17) is 0 Å². The van der Waals surface area contributed by atoms with Crippen molar-refractivity contribution in [3.63, 3.8) is 0 Å². The monoisotopic (exact) mass is 338 g/mol. The number of anilines is 2. The summed E-state index contributed by atoms with van der Waals surface area (Å²) in [6.07, 6.45) is 0.737. The molecular formula is C21H26N2O2. The van der Waals surface area contributed by atoms with Crippen LogP contribution >= 0.6 is 0 Å². The Kier molecular flexibility index (Phi) is 5.97. The standard InChI is InChI=1S/C21H26N2O2/c1-5-15-6-10-17(11-7-15)22-19(24)14-20(25)23-18-12-8-16(9-13-18)21(2,3)4/h6-13H,5,14H2,1-4H3,(H,22,24)(H,23,25). The number of carbonyl (C=O) groups is 2. The maximum atomic E-state index is 12.0. The molecule has 0 saturated carbocycles. The van der Waals surface area contributed by atoms with Crippen molar-refractivity contribution in [1.29, 1.82) is 0 Å². The van der Waals surface area contributed by atoms with Gasteiger partial charge in [-0.25, -0.2) is 0 Å². The summed E-state index contributed by atoms with van der Waals surface area (Å²) in [5.41, 5.74) is 3.85. The largest absolute Gasteiger partial charge is 0.326 e. The van der Waals surface area contributed by atoms with Crippen molar-refractivity contribution in [2.45, 2.75) is 46.0 Å². The van der Waals surface area contributed by atoms with E-state index in [9.17, 15) is 9.59 Å². The molecule has 2 N–H and O–H groups in total. The van der Waals surface area contributed by atoms with Gasteiger partial charge in [-0.05, 0) is 47.2 Å². The van der Waals surface area contributed by atoms with E-state index in [1.807, 2.05) is 48.5 Å². The minimum absolute atomic E-state index is 0.0652. The zero-order valence-electron chi connectivity index (χ0n) is 15.3. The second-order valence-electron chi connectivity index (χ2n) is 7.15. The van der Waals surface area contributed by atoms with Crippen molar-refractivity contribution < 1.29 is 9.59 Å². The molecule has 4 heteroatoms. The molecule has 4 nitrogen and oxygen atoms in total. The second-order valence-corrected chi connectivity index (χ2v) is 7.15. The summed E-state index contributed by atoms with van der Waals surface area (Å²) >= 11 is 0. The summed E-state index contributed by atoms with van der Waals surface area (Å²) in [5.74, 6) is -0.653. The molecular weight excluding hydrogens is 312 g/mol. The van der Waals surface area contributed by atoms with Gasteiger partial charge in [0, 0.05) is 11.4 Å². The highest BCUT2D eigenvalue weighted by atomic mass is 16.2. The number of nitrogens with one attached hydrogen (secondary N) is 2. The van der Waals surface area contributed by atoms with Gasteiger partial charge in [0.2, 0.25) is 11.8 Å². The van der Waals surface area contributed by atoms with E-state index in [0.29, 0.717) is 11.4 Å². The van der Waals surface area contributed by atoms with E-state index >= 15 is 0 Å². The van der Waals surface area contributed by atoms with Crippen molar-refractivity contribution in [3.8, 4) is 0 Å². The molecule has 2 rings (SSSR count). The Balaban J connectivity index is 1.87. The number of rotatable bonds is 5. The Morgan fingerprint density at radius 2 is 1.24 bits per heavy atom. The molecule has 0 aromatic heterocycles. The van der Waals surface area contributed by atoms with E-state index in [1.165, 1.54) is 11.1 Å². The minimum atomic E-state index is -0.328. The fourth-order valence-corrected chi connectivity index (χ4v) is 2.43. The number of amides is 2. The Morgan fingerprint density at radius 3 is 1.64 bits per heavy atom. The topological polar surface area (TPSA) is 58.2 Å². The summed E-state index contributed by atoms with van der Waals surface area (Å²) in [6.45, 7) is 8.49. The van der Waals surface area contributed by atoms with Gasteiger partial charge in [-0.15, -0.1) is 0 Å². The third-order valence-corrected chi connectivity index (χ3v) is 4.00. The summed E-state index contributed by atoms with van der Waals surface area (Å²) in [7, 11) is 0. The molecule has 0 spiro atoms. The lowest BCUT2D eigenvalue weighted by atomic mass is 9.87. The normalized spacial score (nSPS) is 11.0. The van der Waals surface area contributed by atoms with Crippen LogP contribution in [0.25, 0.3) is 0 Å². The molecule has 0 atom stereocenters. The van der Waals surface area contributed by atoms with Gasteiger partial charge in [0.05, 0.1) is 0 Å². The van der Waals surface area contributed by atoms with Gasteiger partial charge in [0.15, 0.2) is 0 Å². The molecule has 0 aliphatic heterocycles. The molecule has 0 fully saturated rings. The first-order valence-corrected chi connectivity index (χ1v) is 8.57. The van der Waals surface area contributed by atoms with Gasteiger partial charge in [0.1, 0.15) is 6.42 Å². The quantitative estimate of drug-likeness (QED) is 0.788. The summed E-state index contributed by atoms with van der Waals surface area (Å²) in [6, 6.07) is 15.3. The maximum absolute atomic E-state index is 12.0. The number of carbonyl (C=O) groups excluding carboxylic acids is 2. The summed E-state index contributed by atoms with van der Waals surface area (Å²) in [4.78, 5) is 24.0. The van der Waals surface area contributed by atoms with Gasteiger partial charge in [-0.1, -0.05) is 52.0 Å². The van der Waals surface area contributed by atoms with Crippen molar-refractivity contribution in [1.82, 2.24) is 0 Å². The molecule has 0 bridgehead atoms. The molecule has 0 aliphatic carbocycles. The lowest BCUT2D eigenvalue weighted by Gasteiger charge is -2.19. The number of aryl methyl sites for hydroxylation is 1. The van der Waals surface area contributed by atoms with Crippen molar-refractivity contribution in [3.05, 3.63) is 59.7 Å². The first-order chi connectivity index (χ1) is 11.8. The van der Waals surface area contributed by atoms with Crippen LogP contribution in [0.3, 0.4) is 0 Å². The zero-order valence-corrected chi connectivity index (χ0v) is 15.3. The molecule has 0 unspecified atom stereocenters. The maximum Gasteiger partial charge on any atom is 0.233 e. The Bertz CT molecular complexity index is 726. The van der Waals surface area contributed by atoms with Crippen LogP contribution < -0.4 is 10.6 Å². The van der Waals surface area contributed by atoms with Crippen LogP contribution in [0.4, 0.5) is 11.4 Å². The van der Waals surface area contributed by atoms with Crippen LogP contribution in [0.5, 0.6) is 0 Å². The highest BCUT2D eigenvalue weighted by Gasteiger charge is 2.14. The fraction of sp³-hybridized carbons (Fsp3) is 0.333. The Labute approximate surface area is 149 Å². The van der Waals surface area contributed by atoms with Gasteiger partial charge in [-0.3, -0.25) is 9.59 Å². The van der Waals surface area contributed by atoms with Crippen LogP contribution in [0.1, 0.15) is 45.2 Å². The zero-order chi connectivity index (χ0) is 18.4. The van der Waals surface area contributed by atoms with Gasteiger partial charge >= 0.3 is 0 Å². The highest BCUT2D eigenvalue weighted by Crippen LogP contribution is 2.23. The smallest absolute Gasteiger partial charge is 0.233 e. The van der Waals surface area contributed by atoms with Crippen LogP contribution in [0.15, 0.2) is 48.5 Å². The van der Waals surface area contributed by atoms with E-state index < -0.39 is 0 Å². The molecule has 0 aliphatic rings. The van der Waals surface area contributed by atoms with Crippen LogP contribution in [0, 0.1) is 0 Å². The molecule has 132 valence electrons. The Morgan fingerprint density at radius 1 is 0.800 bits per heavy atom.